The second-order valence-corrected chi connectivity index (χ2v) is 4.06. The van der Waals surface area contributed by atoms with Gasteiger partial charge in [-0.25, -0.2) is 4.98 Å². The van der Waals surface area contributed by atoms with Crippen molar-refractivity contribution in [2.24, 2.45) is 0 Å². The van der Waals surface area contributed by atoms with E-state index in [0.29, 0.717) is 0 Å². The van der Waals surface area contributed by atoms with Gasteiger partial charge in [0.15, 0.2) is 0 Å². The summed E-state index contributed by atoms with van der Waals surface area (Å²) in [6.45, 7) is 4.22. The molecule has 0 N–H and O–H groups in total. The third-order valence-corrected chi connectivity index (χ3v) is 3.16. The first-order chi connectivity index (χ1) is 5.27. The molecular formula is C8H13NS2. The van der Waals surface area contributed by atoms with Gasteiger partial charge in [-0.05, 0) is 25.5 Å². The molecule has 0 spiro atoms. The predicted molar refractivity (Wildman–Crippen MR) is 53.8 cm³/mol. The summed E-state index contributed by atoms with van der Waals surface area (Å²) in [7, 11) is 0. The molecule has 11 heavy (non-hydrogen) atoms. The van der Waals surface area contributed by atoms with Crippen molar-refractivity contribution in [2.75, 3.05) is 5.75 Å². The molecule has 0 saturated carbocycles. The summed E-state index contributed by atoms with van der Waals surface area (Å²) in [5, 5.41) is 1.25. The van der Waals surface area contributed by atoms with Crippen LogP contribution in [0.15, 0.2) is 0 Å². The molecule has 0 bridgehead atoms. The second-order valence-electron chi connectivity index (χ2n) is 2.44. The molecule has 0 aliphatic rings. The van der Waals surface area contributed by atoms with Crippen LogP contribution in [0.25, 0.3) is 0 Å². The minimum atomic E-state index is 0.923. The maximum Gasteiger partial charge on any atom is 0.0928 e. The number of thiol groups is 1. The van der Waals surface area contributed by atoms with Gasteiger partial charge < -0.3 is 0 Å². The van der Waals surface area contributed by atoms with Gasteiger partial charge in [-0.3, -0.25) is 0 Å². The van der Waals surface area contributed by atoms with Crippen LogP contribution in [0.2, 0.25) is 0 Å². The van der Waals surface area contributed by atoms with Crippen LogP contribution in [0, 0.1) is 6.92 Å². The molecule has 1 rings (SSSR count). The molecule has 62 valence electrons. The Bertz CT molecular complexity index is 230. The minimum absolute atomic E-state index is 0.923. The highest BCUT2D eigenvalue weighted by atomic mass is 32.1. The Morgan fingerprint density at radius 2 is 2.27 bits per heavy atom. The molecule has 0 aliphatic heterocycles. The van der Waals surface area contributed by atoms with Gasteiger partial charge >= 0.3 is 0 Å². The van der Waals surface area contributed by atoms with Gasteiger partial charge in [-0.1, -0.05) is 6.92 Å². The number of rotatable bonds is 3. The first kappa shape index (κ1) is 9.07. The maximum absolute atomic E-state index is 4.43. The van der Waals surface area contributed by atoms with Crippen molar-refractivity contribution in [3.8, 4) is 0 Å². The van der Waals surface area contributed by atoms with E-state index in [2.05, 4.69) is 31.5 Å². The third kappa shape index (κ3) is 2.20. The van der Waals surface area contributed by atoms with Crippen LogP contribution < -0.4 is 0 Å². The summed E-state index contributed by atoms with van der Waals surface area (Å²) in [5.41, 5.74) is 1.20. The van der Waals surface area contributed by atoms with Crippen molar-refractivity contribution in [3.05, 3.63) is 15.6 Å². The number of nitrogens with zero attached hydrogens (tertiary/aromatic N) is 1. The van der Waals surface area contributed by atoms with E-state index in [0.717, 1.165) is 18.6 Å². The summed E-state index contributed by atoms with van der Waals surface area (Å²) in [4.78, 5) is 5.83. The highest BCUT2D eigenvalue weighted by Crippen LogP contribution is 2.18. The van der Waals surface area contributed by atoms with Crippen LogP contribution in [0.4, 0.5) is 0 Å². The monoisotopic (exact) mass is 187 g/mol. The molecule has 1 nitrogen and oxygen atoms in total. The number of hydrogen-bond acceptors (Lipinski definition) is 3. The smallest absolute Gasteiger partial charge is 0.0928 e. The fourth-order valence-corrected chi connectivity index (χ4v) is 2.36. The lowest BCUT2D eigenvalue weighted by atomic mass is 10.3. The molecule has 1 heterocycles. The van der Waals surface area contributed by atoms with E-state index in [1.54, 1.807) is 0 Å². The molecule has 0 unspecified atom stereocenters. The zero-order chi connectivity index (χ0) is 8.27. The Morgan fingerprint density at radius 3 is 2.73 bits per heavy atom. The average Bonchev–Trinajstić information content (AvgIpc) is 2.33. The molecule has 1 aromatic heterocycles. The zero-order valence-corrected chi connectivity index (χ0v) is 8.63. The van der Waals surface area contributed by atoms with E-state index in [-0.39, 0.29) is 0 Å². The topological polar surface area (TPSA) is 12.9 Å². The fourth-order valence-electron chi connectivity index (χ4n) is 0.973. The van der Waals surface area contributed by atoms with Crippen molar-refractivity contribution in [2.45, 2.75) is 26.7 Å². The lowest BCUT2D eigenvalue weighted by Crippen LogP contribution is -1.84. The molecular weight excluding hydrogens is 174 g/mol. The number of hydrogen-bond donors (Lipinski definition) is 1. The van der Waals surface area contributed by atoms with Crippen molar-refractivity contribution in [1.82, 2.24) is 4.98 Å². The van der Waals surface area contributed by atoms with Gasteiger partial charge in [-0.15, -0.1) is 11.3 Å². The van der Waals surface area contributed by atoms with E-state index < -0.39 is 0 Å². The van der Waals surface area contributed by atoms with Crippen molar-refractivity contribution >= 4 is 24.0 Å². The maximum atomic E-state index is 4.43. The van der Waals surface area contributed by atoms with Gasteiger partial charge in [-0.2, -0.15) is 12.6 Å². The highest BCUT2D eigenvalue weighted by Gasteiger charge is 2.03. The van der Waals surface area contributed by atoms with Crippen molar-refractivity contribution in [3.63, 3.8) is 0 Å². The Morgan fingerprint density at radius 1 is 1.55 bits per heavy atom. The lowest BCUT2D eigenvalue weighted by Gasteiger charge is -1.90. The fraction of sp³-hybridized carbons (Fsp3) is 0.625. The summed E-state index contributed by atoms with van der Waals surface area (Å²) >= 11 is 6.02. The van der Waals surface area contributed by atoms with Crippen molar-refractivity contribution < 1.29 is 0 Å². The van der Waals surface area contributed by atoms with Crippen LogP contribution >= 0.6 is 24.0 Å². The summed E-state index contributed by atoms with van der Waals surface area (Å²) < 4.78 is 0. The van der Waals surface area contributed by atoms with Gasteiger partial charge in [0, 0.05) is 4.88 Å². The van der Waals surface area contributed by atoms with E-state index in [1.807, 2.05) is 11.3 Å². The predicted octanol–water partition coefficient (Wildman–Crippen LogP) is 2.49. The minimum Gasteiger partial charge on any atom is -0.246 e. The Labute approximate surface area is 77.3 Å². The summed E-state index contributed by atoms with van der Waals surface area (Å²) in [5.74, 6) is 0.923. The average molecular weight is 187 g/mol. The standard InChI is InChI=1S/C8H13NS2/c1-3-8-9-6(2)7(11-8)4-5-10/h10H,3-5H2,1-2H3. The molecule has 0 fully saturated rings. The Hall–Kier alpha value is -0.0200. The largest absolute Gasteiger partial charge is 0.246 e. The number of aromatic nitrogens is 1. The van der Waals surface area contributed by atoms with Crippen LogP contribution in [0.5, 0.6) is 0 Å². The second kappa shape index (κ2) is 4.12. The molecule has 0 aliphatic carbocycles. The molecule has 3 heteroatoms. The molecule has 0 aromatic carbocycles. The molecule has 1 aromatic rings. The first-order valence-corrected chi connectivity index (χ1v) is 5.28. The van der Waals surface area contributed by atoms with Crippen LogP contribution in [-0.2, 0) is 12.8 Å². The van der Waals surface area contributed by atoms with Crippen molar-refractivity contribution in [1.29, 1.82) is 0 Å². The molecule has 0 atom stereocenters. The van der Waals surface area contributed by atoms with Gasteiger partial charge in [0.1, 0.15) is 0 Å². The number of aryl methyl sites for hydroxylation is 3. The Kier molecular flexibility index (Phi) is 3.40. The van der Waals surface area contributed by atoms with E-state index >= 15 is 0 Å². The first-order valence-electron chi connectivity index (χ1n) is 3.84. The quantitative estimate of drug-likeness (QED) is 0.717. The number of thiazole rings is 1. The SMILES string of the molecule is CCc1nc(C)c(CCS)s1. The molecule has 0 radical (unpaired) electrons. The molecule has 0 amide bonds. The molecule has 0 saturated heterocycles. The van der Waals surface area contributed by atoms with E-state index in [1.165, 1.54) is 15.6 Å². The zero-order valence-electron chi connectivity index (χ0n) is 6.92. The summed E-state index contributed by atoms with van der Waals surface area (Å²) in [6.07, 6.45) is 2.12. The van der Waals surface area contributed by atoms with E-state index in [4.69, 9.17) is 0 Å². The normalized spacial score (nSPS) is 10.5. The van der Waals surface area contributed by atoms with E-state index in [9.17, 15) is 0 Å². The van der Waals surface area contributed by atoms with Gasteiger partial charge in [0.05, 0.1) is 10.7 Å². The van der Waals surface area contributed by atoms with Crippen LogP contribution in [0.3, 0.4) is 0 Å². The Balaban J connectivity index is 2.79. The van der Waals surface area contributed by atoms with Gasteiger partial charge in [0.25, 0.3) is 0 Å². The summed E-state index contributed by atoms with van der Waals surface area (Å²) in [6, 6.07) is 0. The third-order valence-electron chi connectivity index (χ3n) is 1.58. The van der Waals surface area contributed by atoms with Crippen LogP contribution in [0.1, 0.15) is 22.5 Å². The van der Waals surface area contributed by atoms with Crippen LogP contribution in [-0.4, -0.2) is 10.7 Å². The van der Waals surface area contributed by atoms with Gasteiger partial charge in [0.2, 0.25) is 0 Å². The lowest BCUT2D eigenvalue weighted by molar-refractivity contribution is 1.05. The highest BCUT2D eigenvalue weighted by molar-refractivity contribution is 7.80.